The summed E-state index contributed by atoms with van der Waals surface area (Å²) >= 11 is 0. The van der Waals surface area contributed by atoms with Crippen molar-refractivity contribution in [3.63, 3.8) is 0 Å². The number of carbonyl (C=O) groups is 2. The van der Waals surface area contributed by atoms with Gasteiger partial charge in [0.2, 0.25) is 0 Å². The quantitative estimate of drug-likeness (QED) is 0.762. The van der Waals surface area contributed by atoms with E-state index >= 15 is 0 Å². The maximum Gasteiger partial charge on any atom is 0.255 e. The van der Waals surface area contributed by atoms with E-state index < -0.39 is 11.7 Å². The number of benzene rings is 2. The minimum Gasteiger partial charge on any atom is -0.376 e. The van der Waals surface area contributed by atoms with Crippen LogP contribution >= 0.6 is 0 Å². The molecule has 2 aromatic carbocycles. The molecule has 30 heavy (non-hydrogen) atoms. The van der Waals surface area contributed by atoms with Crippen LogP contribution in [0.25, 0.3) is 0 Å². The Balaban J connectivity index is 1.53. The second-order valence-electron chi connectivity index (χ2n) is 7.74. The first-order chi connectivity index (χ1) is 14.6. The van der Waals surface area contributed by atoms with Crippen LogP contribution < -0.4 is 15.5 Å². The Morgan fingerprint density at radius 3 is 2.63 bits per heavy atom. The lowest BCUT2D eigenvalue weighted by molar-refractivity contribution is 0.0858. The molecule has 0 bridgehead atoms. The largest absolute Gasteiger partial charge is 0.376 e. The van der Waals surface area contributed by atoms with E-state index in [2.05, 4.69) is 15.5 Å². The number of nitrogens with one attached hydrogen (secondary N) is 2. The van der Waals surface area contributed by atoms with Crippen LogP contribution in [-0.2, 0) is 4.74 Å². The van der Waals surface area contributed by atoms with Gasteiger partial charge in [0.25, 0.3) is 11.8 Å². The average molecular weight is 411 g/mol. The van der Waals surface area contributed by atoms with Gasteiger partial charge in [0.05, 0.1) is 11.7 Å². The maximum absolute atomic E-state index is 13.4. The maximum atomic E-state index is 13.4. The van der Waals surface area contributed by atoms with Gasteiger partial charge in [-0.05, 0) is 62.1 Å². The number of nitrogens with zero attached hydrogens (tertiary/aromatic N) is 1. The van der Waals surface area contributed by atoms with Crippen molar-refractivity contribution in [3.05, 3.63) is 59.4 Å². The Bertz CT molecular complexity index is 922. The predicted molar refractivity (Wildman–Crippen MR) is 114 cm³/mol. The molecule has 2 amide bonds. The van der Waals surface area contributed by atoms with Crippen molar-refractivity contribution in [3.8, 4) is 0 Å². The fourth-order valence-electron chi connectivity index (χ4n) is 3.97. The van der Waals surface area contributed by atoms with Crippen molar-refractivity contribution in [2.24, 2.45) is 0 Å². The van der Waals surface area contributed by atoms with Crippen LogP contribution in [0.3, 0.4) is 0 Å². The first-order valence-corrected chi connectivity index (χ1v) is 10.5. The Morgan fingerprint density at radius 1 is 1.07 bits per heavy atom. The molecule has 2 aliphatic heterocycles. The molecule has 2 aromatic rings. The molecule has 0 aliphatic carbocycles. The average Bonchev–Trinajstić information content (AvgIpc) is 3.46. The number of hydrogen-bond donors (Lipinski definition) is 2. The molecule has 4 rings (SSSR count). The van der Waals surface area contributed by atoms with E-state index in [-0.39, 0.29) is 17.6 Å². The van der Waals surface area contributed by atoms with Crippen LogP contribution in [0, 0.1) is 5.82 Å². The lowest BCUT2D eigenvalue weighted by Crippen LogP contribution is -2.33. The van der Waals surface area contributed by atoms with Gasteiger partial charge < -0.3 is 20.3 Å². The molecular weight excluding hydrogens is 385 g/mol. The van der Waals surface area contributed by atoms with Gasteiger partial charge >= 0.3 is 0 Å². The number of ether oxygens (including phenoxy) is 1. The number of anilines is 2. The standard InChI is InChI=1S/C23H26FN3O3/c24-17-6-3-5-16(13-17)22(28)26-18-8-9-21(27-10-1-2-11-27)20(14-18)23(29)25-15-19-7-4-12-30-19/h3,5-6,8-9,13-14,19H,1-2,4,7,10-12,15H2,(H,25,29)(H,26,28). The predicted octanol–water partition coefficient (Wildman–Crippen LogP) is 3.59. The number of amides is 2. The topological polar surface area (TPSA) is 70.7 Å². The fraction of sp³-hybridized carbons (Fsp3) is 0.391. The SMILES string of the molecule is O=C(Nc1ccc(N2CCCC2)c(C(=O)NCC2CCCO2)c1)c1cccc(F)c1. The van der Waals surface area contributed by atoms with Crippen molar-refractivity contribution >= 4 is 23.2 Å². The zero-order chi connectivity index (χ0) is 20.9. The molecule has 2 N–H and O–H groups in total. The van der Waals surface area contributed by atoms with Gasteiger partial charge in [-0.2, -0.15) is 0 Å². The molecule has 0 aromatic heterocycles. The molecule has 0 radical (unpaired) electrons. The van der Waals surface area contributed by atoms with Crippen LogP contribution in [0.4, 0.5) is 15.8 Å². The van der Waals surface area contributed by atoms with Gasteiger partial charge in [0.15, 0.2) is 0 Å². The number of hydrogen-bond acceptors (Lipinski definition) is 4. The molecular formula is C23H26FN3O3. The summed E-state index contributed by atoms with van der Waals surface area (Å²) in [6.07, 6.45) is 4.20. The molecule has 6 nitrogen and oxygen atoms in total. The molecule has 0 spiro atoms. The van der Waals surface area contributed by atoms with Crippen LogP contribution in [0.1, 0.15) is 46.4 Å². The monoisotopic (exact) mass is 411 g/mol. The molecule has 7 heteroatoms. The van der Waals surface area contributed by atoms with Gasteiger partial charge in [-0.15, -0.1) is 0 Å². The molecule has 2 aliphatic rings. The zero-order valence-corrected chi connectivity index (χ0v) is 16.8. The number of rotatable bonds is 6. The smallest absolute Gasteiger partial charge is 0.255 e. The van der Waals surface area contributed by atoms with Crippen molar-refractivity contribution in [2.45, 2.75) is 31.8 Å². The third-order valence-electron chi connectivity index (χ3n) is 5.55. The van der Waals surface area contributed by atoms with E-state index in [4.69, 9.17) is 4.74 Å². The van der Waals surface area contributed by atoms with E-state index in [1.807, 2.05) is 6.07 Å². The third kappa shape index (κ3) is 4.79. The third-order valence-corrected chi connectivity index (χ3v) is 5.55. The van der Waals surface area contributed by atoms with Crippen molar-refractivity contribution in [1.82, 2.24) is 5.32 Å². The fourth-order valence-corrected chi connectivity index (χ4v) is 3.97. The molecule has 1 unspecified atom stereocenters. The summed E-state index contributed by atoms with van der Waals surface area (Å²) < 4.78 is 19.0. The summed E-state index contributed by atoms with van der Waals surface area (Å²) in [4.78, 5) is 27.7. The summed E-state index contributed by atoms with van der Waals surface area (Å²) in [6, 6.07) is 10.9. The summed E-state index contributed by atoms with van der Waals surface area (Å²) in [6.45, 7) is 3.02. The van der Waals surface area contributed by atoms with E-state index in [0.717, 1.165) is 51.1 Å². The van der Waals surface area contributed by atoms with Crippen molar-refractivity contribution < 1.29 is 18.7 Å². The summed E-state index contributed by atoms with van der Waals surface area (Å²) in [5.41, 5.74) is 2.10. The highest BCUT2D eigenvalue weighted by Crippen LogP contribution is 2.28. The first kappa shape index (κ1) is 20.3. The summed E-state index contributed by atoms with van der Waals surface area (Å²) in [5, 5.41) is 5.74. The van der Waals surface area contributed by atoms with Gasteiger partial charge in [-0.3, -0.25) is 9.59 Å². The Kier molecular flexibility index (Phi) is 6.28. The molecule has 2 saturated heterocycles. The minimum atomic E-state index is -0.471. The lowest BCUT2D eigenvalue weighted by Gasteiger charge is -2.22. The summed E-state index contributed by atoms with van der Waals surface area (Å²) in [7, 11) is 0. The van der Waals surface area contributed by atoms with E-state index in [0.29, 0.717) is 17.8 Å². The van der Waals surface area contributed by atoms with Crippen LogP contribution in [0.15, 0.2) is 42.5 Å². The van der Waals surface area contributed by atoms with Gasteiger partial charge in [0.1, 0.15) is 5.82 Å². The van der Waals surface area contributed by atoms with Crippen molar-refractivity contribution in [1.29, 1.82) is 0 Å². The van der Waals surface area contributed by atoms with Crippen LogP contribution in [-0.4, -0.2) is 44.2 Å². The van der Waals surface area contributed by atoms with E-state index in [1.165, 1.54) is 18.2 Å². The number of carbonyl (C=O) groups excluding carboxylic acids is 2. The van der Waals surface area contributed by atoms with E-state index in [1.54, 1.807) is 18.2 Å². The second-order valence-corrected chi connectivity index (χ2v) is 7.74. The van der Waals surface area contributed by atoms with Gasteiger partial charge in [-0.25, -0.2) is 4.39 Å². The highest BCUT2D eigenvalue weighted by molar-refractivity contribution is 6.06. The Hall–Kier alpha value is -2.93. The van der Waals surface area contributed by atoms with E-state index in [9.17, 15) is 14.0 Å². The van der Waals surface area contributed by atoms with Crippen LogP contribution in [0.2, 0.25) is 0 Å². The number of halogens is 1. The zero-order valence-electron chi connectivity index (χ0n) is 16.8. The molecule has 2 heterocycles. The molecule has 0 saturated carbocycles. The highest BCUT2D eigenvalue weighted by Gasteiger charge is 2.22. The molecule has 1 atom stereocenters. The Labute approximate surface area is 175 Å². The van der Waals surface area contributed by atoms with Crippen LogP contribution in [0.5, 0.6) is 0 Å². The second kappa shape index (κ2) is 9.26. The minimum absolute atomic E-state index is 0.0556. The lowest BCUT2D eigenvalue weighted by atomic mass is 10.1. The van der Waals surface area contributed by atoms with Gasteiger partial charge in [-0.1, -0.05) is 6.07 Å². The molecule has 158 valence electrons. The van der Waals surface area contributed by atoms with Gasteiger partial charge in [0, 0.05) is 43.2 Å². The highest BCUT2D eigenvalue weighted by atomic mass is 19.1. The normalized spacial score (nSPS) is 18.4. The summed E-state index contributed by atoms with van der Waals surface area (Å²) in [5.74, 6) is -1.08. The Morgan fingerprint density at radius 2 is 1.90 bits per heavy atom. The molecule has 2 fully saturated rings. The van der Waals surface area contributed by atoms with Crippen molar-refractivity contribution in [2.75, 3.05) is 36.5 Å². The first-order valence-electron chi connectivity index (χ1n) is 10.5.